The summed E-state index contributed by atoms with van der Waals surface area (Å²) in [6.07, 6.45) is 0.0278. The van der Waals surface area contributed by atoms with Gasteiger partial charge in [-0.1, -0.05) is 6.32 Å². The van der Waals surface area contributed by atoms with Crippen molar-refractivity contribution in [3.63, 3.8) is 0 Å². The molecule has 0 aliphatic rings. The fraction of sp³-hybridized carbons (Fsp3) is 0.333. The molecule has 0 aliphatic heterocycles. The first-order chi connectivity index (χ1) is 3.06. The molecular weight excluding hydrogens is 143 g/mol. The van der Waals surface area contributed by atoms with Gasteiger partial charge in [-0.05, 0) is 0 Å². The predicted molar refractivity (Wildman–Crippen MR) is 31.2 cm³/mol. The Bertz CT molecular complexity index is 69.4. The quantitative estimate of drug-likeness (QED) is 0.410. The van der Waals surface area contributed by atoms with E-state index in [1.165, 1.54) is 0 Å². The van der Waals surface area contributed by atoms with Crippen molar-refractivity contribution >= 4 is 58.4 Å². The van der Waals surface area contributed by atoms with E-state index in [2.05, 4.69) is 6.58 Å². The van der Waals surface area contributed by atoms with E-state index in [4.69, 9.17) is 0 Å². The van der Waals surface area contributed by atoms with Gasteiger partial charge in [0.25, 0.3) is 0 Å². The summed E-state index contributed by atoms with van der Waals surface area (Å²) in [4.78, 5) is 0. The molecule has 0 rings (SSSR count). The Morgan fingerprint density at radius 2 is 1.75 bits per heavy atom. The van der Waals surface area contributed by atoms with Crippen molar-refractivity contribution in [3.05, 3.63) is 12.7 Å². The van der Waals surface area contributed by atoms with Crippen LogP contribution in [0.4, 0.5) is 12.9 Å². The van der Waals surface area contributed by atoms with Crippen LogP contribution in [0.15, 0.2) is 12.7 Å². The molecule has 44 valence electrons. The van der Waals surface area contributed by atoms with Gasteiger partial charge in [-0.15, -0.1) is 12.7 Å². The van der Waals surface area contributed by atoms with Crippen molar-refractivity contribution in [2.24, 2.45) is 0 Å². The van der Waals surface area contributed by atoms with Crippen molar-refractivity contribution in [1.29, 1.82) is 0 Å². The number of hydrogen-bond donors (Lipinski definition) is 0. The van der Waals surface area contributed by atoms with Crippen LogP contribution < -0.4 is 0 Å². The second-order valence-corrected chi connectivity index (χ2v) is 1.23. The van der Waals surface area contributed by atoms with Crippen LogP contribution in [0.1, 0.15) is 0 Å². The zero-order chi connectivity index (χ0) is 5.91. The number of rotatable bonds is 2. The summed E-state index contributed by atoms with van der Waals surface area (Å²) in [5, 5.41) is 0. The molecule has 0 radical (unpaired) electrons. The Hall–Kier alpha value is 1.23. The summed E-state index contributed by atoms with van der Waals surface area (Å²) in [5.74, 6) is 0. The van der Waals surface area contributed by atoms with E-state index in [1.54, 1.807) is 0 Å². The number of halogens is 3. The maximum absolute atomic E-state index is 11.0. The molecule has 0 aliphatic carbocycles. The first kappa shape index (κ1) is 12.0. The van der Waals surface area contributed by atoms with Gasteiger partial charge in [-0.3, -0.25) is 0 Å². The standard InChI is InChI=1S/C3H5BF3.K.H/c1-2-3-4(5,6)7;;/h2H,1,3H2;;/q-1;;. The molecule has 0 unspecified atom stereocenters. The first-order valence-electron chi connectivity index (χ1n) is 1.88. The fourth-order valence-electron chi connectivity index (χ4n) is 0.189. The molecule has 0 nitrogen and oxygen atoms in total. The van der Waals surface area contributed by atoms with Crippen LogP contribution in [-0.4, -0.2) is 58.4 Å². The topological polar surface area (TPSA) is 0 Å². The molecule has 0 saturated heterocycles. The molecular formula is C3H6BF3K-. The third kappa shape index (κ3) is 10.3. The van der Waals surface area contributed by atoms with Gasteiger partial charge in [-0.2, -0.15) is 0 Å². The molecule has 0 aromatic carbocycles. The van der Waals surface area contributed by atoms with Gasteiger partial charge < -0.3 is 12.9 Å². The van der Waals surface area contributed by atoms with Crippen LogP contribution in [0.5, 0.6) is 0 Å². The summed E-state index contributed by atoms with van der Waals surface area (Å²) in [7, 11) is 0. The van der Waals surface area contributed by atoms with Gasteiger partial charge in [0.1, 0.15) is 0 Å². The minimum atomic E-state index is -4.61. The van der Waals surface area contributed by atoms with Gasteiger partial charge in [0.2, 0.25) is 0 Å². The molecule has 0 N–H and O–H groups in total. The first-order valence-corrected chi connectivity index (χ1v) is 1.88. The monoisotopic (exact) mass is 149 g/mol. The van der Waals surface area contributed by atoms with E-state index < -0.39 is 13.3 Å². The minimum absolute atomic E-state index is 0. The van der Waals surface area contributed by atoms with Crippen LogP contribution in [0.2, 0.25) is 6.32 Å². The van der Waals surface area contributed by atoms with E-state index in [-0.39, 0.29) is 51.4 Å². The van der Waals surface area contributed by atoms with Crippen LogP contribution >= 0.6 is 0 Å². The van der Waals surface area contributed by atoms with Crippen molar-refractivity contribution < 1.29 is 12.9 Å². The van der Waals surface area contributed by atoms with Gasteiger partial charge in [0.15, 0.2) is 0 Å². The van der Waals surface area contributed by atoms with E-state index in [0.29, 0.717) is 0 Å². The summed E-state index contributed by atoms with van der Waals surface area (Å²) in [5.41, 5.74) is 0. The molecule has 0 amide bonds. The molecule has 0 heterocycles. The van der Waals surface area contributed by atoms with E-state index in [9.17, 15) is 12.9 Å². The Labute approximate surface area is 89.0 Å². The van der Waals surface area contributed by atoms with Gasteiger partial charge >= 0.3 is 58.4 Å². The third-order valence-corrected chi connectivity index (χ3v) is 0.434. The Kier molecular flexibility index (Phi) is 7.55. The van der Waals surface area contributed by atoms with Crippen LogP contribution in [0, 0.1) is 0 Å². The van der Waals surface area contributed by atoms with E-state index >= 15 is 0 Å². The van der Waals surface area contributed by atoms with Gasteiger partial charge in [0.05, 0.1) is 0 Å². The normalized spacial score (nSPS) is 9.88. The van der Waals surface area contributed by atoms with Crippen molar-refractivity contribution in [3.8, 4) is 0 Å². The molecule has 5 heteroatoms. The SMILES string of the molecule is C=CC[B-](F)(F)F.[KH]. The summed E-state index contributed by atoms with van der Waals surface area (Å²) in [6.45, 7) is -1.67. The van der Waals surface area contributed by atoms with E-state index in [1.807, 2.05) is 0 Å². The van der Waals surface area contributed by atoms with Crippen molar-refractivity contribution in [2.75, 3.05) is 0 Å². The summed E-state index contributed by atoms with van der Waals surface area (Å²) < 4.78 is 33.1. The molecule has 0 atom stereocenters. The molecule has 0 saturated carbocycles. The molecule has 0 bridgehead atoms. The third-order valence-electron chi connectivity index (χ3n) is 0.434. The van der Waals surface area contributed by atoms with E-state index in [0.717, 1.165) is 6.08 Å². The summed E-state index contributed by atoms with van der Waals surface area (Å²) in [6, 6.07) is 0. The zero-order valence-corrected chi connectivity index (χ0v) is 3.70. The maximum atomic E-state index is 11.0. The Morgan fingerprint density at radius 3 is 1.75 bits per heavy atom. The molecule has 0 spiro atoms. The average molecular weight is 149 g/mol. The second-order valence-electron chi connectivity index (χ2n) is 1.23. The fourth-order valence-corrected chi connectivity index (χ4v) is 0.189. The zero-order valence-electron chi connectivity index (χ0n) is 3.70. The molecule has 8 heavy (non-hydrogen) atoms. The van der Waals surface area contributed by atoms with Crippen LogP contribution in [0.3, 0.4) is 0 Å². The predicted octanol–water partition coefficient (Wildman–Crippen LogP) is 1.37. The average Bonchev–Trinajstić information content (AvgIpc) is 1.30. The molecule has 0 fully saturated rings. The van der Waals surface area contributed by atoms with Gasteiger partial charge in [0, 0.05) is 0 Å². The van der Waals surface area contributed by atoms with Gasteiger partial charge in [-0.25, -0.2) is 0 Å². The Morgan fingerprint density at radius 1 is 1.38 bits per heavy atom. The molecule has 0 aromatic rings. The second kappa shape index (κ2) is 5.05. The van der Waals surface area contributed by atoms with Crippen LogP contribution in [0.25, 0.3) is 0 Å². The number of hydrogen-bond acceptors (Lipinski definition) is 0. The van der Waals surface area contributed by atoms with Crippen molar-refractivity contribution in [2.45, 2.75) is 6.32 Å². The summed E-state index contributed by atoms with van der Waals surface area (Å²) >= 11 is 0. The van der Waals surface area contributed by atoms with Crippen molar-refractivity contribution in [1.82, 2.24) is 0 Å². The molecule has 0 aromatic heterocycles. The van der Waals surface area contributed by atoms with Crippen LogP contribution in [-0.2, 0) is 0 Å². The Balaban J connectivity index is 0. The number of allylic oxidation sites excluding steroid dienone is 1.